The van der Waals surface area contributed by atoms with Crippen LogP contribution in [-0.2, 0) is 31.7 Å². The van der Waals surface area contributed by atoms with Crippen molar-refractivity contribution < 1.29 is 0 Å². The van der Waals surface area contributed by atoms with Gasteiger partial charge in [0.2, 0.25) is 0 Å². The number of hydrogen-bond acceptors (Lipinski definition) is 5. The number of imidazole rings is 1. The Morgan fingerprint density at radius 1 is 0.972 bits per heavy atom. The van der Waals surface area contributed by atoms with Crippen molar-refractivity contribution in [1.29, 1.82) is 0 Å². The largest absolute Gasteiger partial charge is 0.381 e. The van der Waals surface area contributed by atoms with Crippen LogP contribution in [0.3, 0.4) is 0 Å². The third-order valence-electron chi connectivity index (χ3n) is 6.90. The number of benzene rings is 3. The Morgan fingerprint density at radius 3 is 2.44 bits per heavy atom. The Morgan fingerprint density at radius 2 is 1.72 bits per heavy atom. The maximum absolute atomic E-state index is 6.83. The lowest BCUT2D eigenvalue weighted by Gasteiger charge is -2.33. The van der Waals surface area contributed by atoms with Gasteiger partial charge in [0, 0.05) is 43.0 Å². The van der Waals surface area contributed by atoms with Crippen LogP contribution in [0.4, 0.5) is 11.4 Å². The summed E-state index contributed by atoms with van der Waals surface area (Å²) in [7, 11) is 0. The van der Waals surface area contributed by atoms with E-state index in [0.717, 1.165) is 72.1 Å². The van der Waals surface area contributed by atoms with Crippen molar-refractivity contribution in [2.75, 3.05) is 10.6 Å². The molecule has 1 aliphatic rings. The number of nitrogens with two attached hydrogens (primary N) is 2. The average Bonchev–Trinajstić information content (AvgIpc) is 3.26. The van der Waals surface area contributed by atoms with E-state index in [0.29, 0.717) is 6.54 Å². The minimum atomic E-state index is -0.762. The molecule has 2 heterocycles. The van der Waals surface area contributed by atoms with Gasteiger partial charge in [0.15, 0.2) is 0 Å². The second kappa shape index (κ2) is 10.2. The molecule has 1 atom stereocenters. The Hall–Kier alpha value is -3.61. The molecule has 0 radical (unpaired) electrons. The lowest BCUT2D eigenvalue weighted by molar-refractivity contribution is 0.551. The number of fused-ring (bicyclic) bond motifs is 3. The summed E-state index contributed by atoms with van der Waals surface area (Å²) in [4.78, 5) is 5.10. The maximum atomic E-state index is 6.83. The first-order chi connectivity index (χ1) is 17.5. The number of rotatable bonds is 9. The highest BCUT2D eigenvalue weighted by molar-refractivity contribution is 5.84. The molecule has 36 heavy (non-hydrogen) atoms. The van der Waals surface area contributed by atoms with Crippen LogP contribution in [0.2, 0.25) is 0 Å². The van der Waals surface area contributed by atoms with E-state index in [9.17, 15) is 0 Å². The van der Waals surface area contributed by atoms with Gasteiger partial charge in [-0.3, -0.25) is 0 Å². The summed E-state index contributed by atoms with van der Waals surface area (Å²) < 4.78 is 2.37. The second-order valence-electron chi connectivity index (χ2n) is 9.86. The molecule has 0 fully saturated rings. The summed E-state index contributed by atoms with van der Waals surface area (Å²) in [5.41, 5.74) is 20.6. The van der Waals surface area contributed by atoms with Crippen LogP contribution in [0.1, 0.15) is 54.9 Å². The molecule has 6 N–H and O–H groups in total. The van der Waals surface area contributed by atoms with Crippen LogP contribution in [0.5, 0.6) is 0 Å². The average molecular weight is 481 g/mol. The van der Waals surface area contributed by atoms with Gasteiger partial charge in [0.1, 0.15) is 17.2 Å². The Labute approximate surface area is 213 Å². The smallest absolute Gasteiger partial charge is 0.129 e. The Kier molecular flexibility index (Phi) is 6.81. The van der Waals surface area contributed by atoms with Crippen LogP contribution >= 0.6 is 0 Å². The number of aromatic nitrogens is 2. The highest BCUT2D eigenvalue weighted by atomic mass is 15.2. The number of aryl methyl sites for hydroxylation is 1. The van der Waals surface area contributed by atoms with E-state index in [1.807, 2.05) is 6.92 Å². The maximum Gasteiger partial charge on any atom is 0.129 e. The molecule has 6 heteroatoms. The van der Waals surface area contributed by atoms with Gasteiger partial charge in [-0.2, -0.15) is 0 Å². The highest BCUT2D eigenvalue weighted by Gasteiger charge is 2.36. The molecule has 1 unspecified atom stereocenters. The van der Waals surface area contributed by atoms with Gasteiger partial charge in [-0.05, 0) is 48.2 Å². The van der Waals surface area contributed by atoms with Gasteiger partial charge in [-0.15, -0.1) is 0 Å². The lowest BCUT2D eigenvalue weighted by Crippen LogP contribution is -2.44. The number of nitrogens with zero attached hydrogens (tertiary/aromatic N) is 2. The molecule has 0 saturated carbocycles. The molecule has 0 spiro atoms. The quantitative estimate of drug-likeness (QED) is 0.251. The van der Waals surface area contributed by atoms with E-state index >= 15 is 0 Å². The van der Waals surface area contributed by atoms with Gasteiger partial charge in [0.25, 0.3) is 0 Å². The first kappa shape index (κ1) is 24.1. The van der Waals surface area contributed by atoms with Gasteiger partial charge >= 0.3 is 0 Å². The summed E-state index contributed by atoms with van der Waals surface area (Å²) in [6.07, 6.45) is 3.16. The molecule has 5 rings (SSSR count). The summed E-state index contributed by atoms with van der Waals surface area (Å²) in [6.45, 7) is 6.30. The monoisotopic (exact) mass is 480 g/mol. The van der Waals surface area contributed by atoms with Gasteiger partial charge in [-0.1, -0.05) is 67.9 Å². The van der Waals surface area contributed by atoms with Gasteiger partial charge in [0.05, 0.1) is 5.69 Å². The van der Waals surface area contributed by atoms with Crippen molar-refractivity contribution >= 4 is 11.4 Å². The van der Waals surface area contributed by atoms with Gasteiger partial charge < -0.3 is 26.7 Å². The fraction of sp³-hybridized carbons (Fsp3) is 0.300. The molecule has 1 aliphatic heterocycles. The number of nitrogens with one attached hydrogen (secondary N) is 2. The molecule has 186 valence electrons. The minimum Gasteiger partial charge on any atom is -0.381 e. The summed E-state index contributed by atoms with van der Waals surface area (Å²) in [5, 5.41) is 7.11. The van der Waals surface area contributed by atoms with E-state index in [4.69, 9.17) is 16.5 Å². The predicted octanol–water partition coefficient (Wildman–Crippen LogP) is 5.57. The molecular weight excluding hydrogens is 444 g/mol. The zero-order chi connectivity index (χ0) is 25.1. The standard InChI is InChI=1S/C30H36N6/c1-3-4-10-27-34-29-28(36(27)20-23-8-6-5-7-9-23)25-16-15-24(17-26(25)35-30(29,2)32)33-19-22-13-11-21(18-31)12-14-22/h5-9,11-17,33,35H,3-4,10,18-20,31-32H2,1-2H3. The van der Waals surface area contributed by atoms with Crippen LogP contribution in [0, 0.1) is 0 Å². The molecule has 3 aromatic carbocycles. The molecule has 4 aromatic rings. The minimum absolute atomic E-state index is 0.561. The van der Waals surface area contributed by atoms with E-state index in [1.165, 1.54) is 11.1 Å². The Balaban J connectivity index is 1.49. The molecular formula is C30H36N6. The molecule has 0 aliphatic carbocycles. The first-order valence-corrected chi connectivity index (χ1v) is 12.9. The molecule has 6 nitrogen and oxygen atoms in total. The summed E-state index contributed by atoms with van der Waals surface area (Å²) in [6, 6.07) is 25.5. The zero-order valence-electron chi connectivity index (χ0n) is 21.2. The van der Waals surface area contributed by atoms with Crippen molar-refractivity contribution in [1.82, 2.24) is 9.55 Å². The van der Waals surface area contributed by atoms with E-state index in [-0.39, 0.29) is 0 Å². The highest BCUT2D eigenvalue weighted by Crippen LogP contribution is 2.43. The van der Waals surface area contributed by atoms with Crippen LogP contribution in [0.15, 0.2) is 72.8 Å². The van der Waals surface area contributed by atoms with Crippen LogP contribution < -0.4 is 22.1 Å². The second-order valence-corrected chi connectivity index (χ2v) is 9.86. The van der Waals surface area contributed by atoms with Crippen molar-refractivity contribution in [2.24, 2.45) is 11.5 Å². The van der Waals surface area contributed by atoms with E-state index in [1.54, 1.807) is 0 Å². The van der Waals surface area contributed by atoms with Crippen molar-refractivity contribution in [2.45, 2.75) is 58.4 Å². The first-order valence-electron chi connectivity index (χ1n) is 12.9. The fourth-order valence-electron chi connectivity index (χ4n) is 4.90. The van der Waals surface area contributed by atoms with E-state index < -0.39 is 5.66 Å². The topological polar surface area (TPSA) is 93.9 Å². The van der Waals surface area contributed by atoms with Crippen LogP contribution in [-0.4, -0.2) is 9.55 Å². The summed E-state index contributed by atoms with van der Waals surface area (Å²) in [5.74, 6) is 1.10. The van der Waals surface area contributed by atoms with Gasteiger partial charge in [-0.25, -0.2) is 4.98 Å². The van der Waals surface area contributed by atoms with E-state index in [2.05, 4.69) is 94.9 Å². The Bertz CT molecular complexity index is 1320. The number of anilines is 2. The van der Waals surface area contributed by atoms with Crippen LogP contribution in [0.25, 0.3) is 11.3 Å². The van der Waals surface area contributed by atoms with Crippen molar-refractivity contribution in [3.8, 4) is 11.3 Å². The normalized spacial score (nSPS) is 16.2. The van der Waals surface area contributed by atoms with Crippen molar-refractivity contribution in [3.63, 3.8) is 0 Å². The lowest BCUT2D eigenvalue weighted by atomic mass is 9.94. The summed E-state index contributed by atoms with van der Waals surface area (Å²) >= 11 is 0. The zero-order valence-corrected chi connectivity index (χ0v) is 21.2. The molecule has 0 bridgehead atoms. The number of hydrogen-bond donors (Lipinski definition) is 4. The molecule has 0 amide bonds. The fourth-order valence-corrected chi connectivity index (χ4v) is 4.90. The third kappa shape index (κ3) is 4.87. The molecule has 1 aromatic heterocycles. The molecule has 0 saturated heterocycles. The number of unbranched alkanes of at least 4 members (excludes halogenated alkanes) is 1. The predicted molar refractivity (Wildman–Crippen MR) is 149 cm³/mol. The third-order valence-corrected chi connectivity index (χ3v) is 6.90. The SMILES string of the molecule is CCCCc1nc2c(n1Cc1ccccc1)-c1ccc(NCc3ccc(CN)cc3)cc1NC2(C)N. The van der Waals surface area contributed by atoms with Crippen molar-refractivity contribution in [3.05, 3.63) is 101 Å².